The first kappa shape index (κ1) is 14.0. The third-order valence-electron chi connectivity index (χ3n) is 2.72. The number of halogens is 2. The van der Waals surface area contributed by atoms with Gasteiger partial charge in [0.05, 0.1) is 5.69 Å². The Morgan fingerprint density at radius 2 is 2.20 bits per heavy atom. The number of carbonyl (C=O) groups excluding carboxylic acids is 2. The Hall–Kier alpha value is -2.38. The molecular formula is C12H13F2N3O3. The van der Waals surface area contributed by atoms with Crippen LogP contribution in [0, 0.1) is 0 Å². The monoisotopic (exact) mass is 285 g/mol. The lowest BCUT2D eigenvalue weighted by atomic mass is 10.2. The van der Waals surface area contributed by atoms with Crippen LogP contribution in [0.3, 0.4) is 0 Å². The van der Waals surface area contributed by atoms with Crippen LogP contribution in [0.5, 0.6) is 5.75 Å². The van der Waals surface area contributed by atoms with Gasteiger partial charge < -0.3 is 15.8 Å². The number of hydrogen-bond acceptors (Lipinski definition) is 4. The summed E-state index contributed by atoms with van der Waals surface area (Å²) in [4.78, 5) is 23.3. The van der Waals surface area contributed by atoms with Gasteiger partial charge in [0.1, 0.15) is 0 Å². The smallest absolute Gasteiger partial charge is 0.423 e. The molecule has 1 aliphatic heterocycles. The van der Waals surface area contributed by atoms with Gasteiger partial charge in [-0.3, -0.25) is 14.5 Å². The average molecular weight is 285 g/mol. The first-order chi connectivity index (χ1) is 9.31. The number of ether oxygens (including phenoxy) is 1. The maximum Gasteiger partial charge on any atom is 0.482 e. The molecule has 0 spiro atoms. The maximum atomic E-state index is 13.5. The van der Waals surface area contributed by atoms with Gasteiger partial charge in [-0.05, 0) is 18.2 Å². The van der Waals surface area contributed by atoms with E-state index >= 15 is 0 Å². The van der Waals surface area contributed by atoms with E-state index in [1.54, 1.807) is 0 Å². The second kappa shape index (κ2) is 4.95. The minimum Gasteiger partial charge on any atom is -0.423 e. The van der Waals surface area contributed by atoms with Gasteiger partial charge in [0.2, 0.25) is 5.91 Å². The van der Waals surface area contributed by atoms with E-state index in [9.17, 15) is 18.4 Å². The van der Waals surface area contributed by atoms with Crippen LogP contribution in [-0.2, 0) is 9.59 Å². The Morgan fingerprint density at radius 3 is 2.85 bits per heavy atom. The molecule has 0 saturated heterocycles. The summed E-state index contributed by atoms with van der Waals surface area (Å²) in [5.41, 5.74) is 6.06. The topological polar surface area (TPSA) is 84.7 Å². The van der Waals surface area contributed by atoms with E-state index in [1.165, 1.54) is 25.1 Å². The van der Waals surface area contributed by atoms with Crippen molar-refractivity contribution >= 4 is 23.2 Å². The molecule has 0 bridgehead atoms. The van der Waals surface area contributed by atoms with Crippen molar-refractivity contribution in [2.75, 3.05) is 23.7 Å². The van der Waals surface area contributed by atoms with Crippen LogP contribution in [0.1, 0.15) is 6.92 Å². The highest BCUT2D eigenvalue weighted by atomic mass is 19.3. The fourth-order valence-corrected chi connectivity index (χ4v) is 1.85. The summed E-state index contributed by atoms with van der Waals surface area (Å²) in [6.45, 7) is 1.24. The van der Waals surface area contributed by atoms with Gasteiger partial charge in [0, 0.05) is 25.7 Å². The van der Waals surface area contributed by atoms with E-state index < -0.39 is 12.0 Å². The Kier molecular flexibility index (Phi) is 3.47. The molecule has 1 aromatic rings. The normalized spacial score (nSPS) is 16.4. The fraction of sp³-hybridized carbons (Fsp3) is 0.333. The van der Waals surface area contributed by atoms with Crippen LogP contribution >= 0.6 is 0 Å². The number of anilines is 2. The molecule has 6 nitrogen and oxygen atoms in total. The lowest BCUT2D eigenvalue weighted by molar-refractivity contribution is -0.192. The van der Waals surface area contributed by atoms with Gasteiger partial charge in [-0.2, -0.15) is 8.78 Å². The SMILES string of the molecule is CC(=O)NCCN1C(=O)C(F)(F)Oc2ccc(N)cc21. The highest BCUT2D eigenvalue weighted by Crippen LogP contribution is 2.40. The fourth-order valence-electron chi connectivity index (χ4n) is 1.85. The second-order valence-electron chi connectivity index (χ2n) is 4.29. The van der Waals surface area contributed by atoms with Crippen LogP contribution < -0.4 is 20.7 Å². The zero-order valence-corrected chi connectivity index (χ0v) is 10.7. The second-order valence-corrected chi connectivity index (χ2v) is 4.29. The van der Waals surface area contributed by atoms with Crippen LogP contribution in [0.25, 0.3) is 0 Å². The van der Waals surface area contributed by atoms with Crippen molar-refractivity contribution in [1.82, 2.24) is 5.32 Å². The molecule has 2 amide bonds. The highest BCUT2D eigenvalue weighted by Gasteiger charge is 2.50. The number of nitrogens with two attached hydrogens (primary N) is 1. The lowest BCUT2D eigenvalue weighted by Gasteiger charge is -2.33. The maximum absolute atomic E-state index is 13.5. The van der Waals surface area contributed by atoms with E-state index in [1.807, 2.05) is 0 Å². The van der Waals surface area contributed by atoms with Crippen molar-refractivity contribution in [2.45, 2.75) is 13.0 Å². The molecule has 0 aliphatic carbocycles. The first-order valence-corrected chi connectivity index (χ1v) is 5.84. The number of nitrogens with zero attached hydrogens (tertiary/aromatic N) is 1. The average Bonchev–Trinajstić information content (AvgIpc) is 2.34. The van der Waals surface area contributed by atoms with Gasteiger partial charge >= 0.3 is 12.0 Å². The molecule has 0 atom stereocenters. The summed E-state index contributed by atoms with van der Waals surface area (Å²) in [6, 6.07) is 4.05. The van der Waals surface area contributed by atoms with Gasteiger partial charge in [-0.15, -0.1) is 0 Å². The molecule has 20 heavy (non-hydrogen) atoms. The van der Waals surface area contributed by atoms with E-state index in [2.05, 4.69) is 10.1 Å². The molecule has 0 aromatic heterocycles. The van der Waals surface area contributed by atoms with Crippen molar-refractivity contribution in [3.05, 3.63) is 18.2 Å². The molecular weight excluding hydrogens is 272 g/mol. The lowest BCUT2D eigenvalue weighted by Crippen LogP contribution is -2.52. The molecule has 0 radical (unpaired) electrons. The molecule has 1 heterocycles. The first-order valence-electron chi connectivity index (χ1n) is 5.84. The molecule has 3 N–H and O–H groups in total. The standard InChI is InChI=1S/C12H13F2N3O3/c1-7(18)16-4-5-17-9-6-8(15)2-3-10(9)20-12(13,14)11(17)19/h2-3,6H,4-5,15H2,1H3,(H,16,18). The Balaban J connectivity index is 2.30. The minimum absolute atomic E-state index is 0.0470. The van der Waals surface area contributed by atoms with Crippen LogP contribution in [0.2, 0.25) is 0 Å². The number of hydrogen-bond donors (Lipinski definition) is 2. The predicted molar refractivity (Wildman–Crippen MR) is 67.5 cm³/mol. The van der Waals surface area contributed by atoms with Crippen molar-refractivity contribution < 1.29 is 23.1 Å². The number of alkyl halides is 2. The largest absolute Gasteiger partial charge is 0.482 e. The molecule has 0 saturated carbocycles. The van der Waals surface area contributed by atoms with E-state index in [0.717, 1.165) is 4.90 Å². The summed E-state index contributed by atoms with van der Waals surface area (Å²) >= 11 is 0. The molecule has 8 heteroatoms. The highest BCUT2D eigenvalue weighted by molar-refractivity contribution is 6.01. The van der Waals surface area contributed by atoms with Gasteiger partial charge in [0.25, 0.3) is 0 Å². The molecule has 1 aromatic carbocycles. The quantitative estimate of drug-likeness (QED) is 0.802. The Labute approximate surface area is 113 Å². The van der Waals surface area contributed by atoms with Crippen molar-refractivity contribution in [2.24, 2.45) is 0 Å². The number of rotatable bonds is 3. The zero-order chi connectivity index (χ0) is 14.9. The number of nitrogen functional groups attached to an aromatic ring is 1. The van der Waals surface area contributed by atoms with Crippen molar-refractivity contribution in [3.63, 3.8) is 0 Å². The number of fused-ring (bicyclic) bond motifs is 1. The van der Waals surface area contributed by atoms with Crippen molar-refractivity contribution in [3.8, 4) is 5.75 Å². The summed E-state index contributed by atoms with van der Waals surface area (Å²) in [7, 11) is 0. The van der Waals surface area contributed by atoms with Crippen LogP contribution in [0.4, 0.5) is 20.2 Å². The van der Waals surface area contributed by atoms with E-state index in [4.69, 9.17) is 5.73 Å². The van der Waals surface area contributed by atoms with Crippen LogP contribution in [0.15, 0.2) is 18.2 Å². The molecule has 108 valence electrons. The van der Waals surface area contributed by atoms with Crippen LogP contribution in [-0.4, -0.2) is 31.0 Å². The summed E-state index contributed by atoms with van der Waals surface area (Å²) in [5, 5.41) is 2.44. The Bertz CT molecular complexity index is 563. The Morgan fingerprint density at radius 1 is 1.50 bits per heavy atom. The predicted octanol–water partition coefficient (Wildman–Crippen LogP) is 0.723. The van der Waals surface area contributed by atoms with E-state index in [-0.39, 0.29) is 30.4 Å². The number of benzene rings is 1. The molecule has 1 aliphatic rings. The van der Waals surface area contributed by atoms with Gasteiger partial charge in [0.15, 0.2) is 5.75 Å². The number of amides is 2. The summed E-state index contributed by atoms with van der Waals surface area (Å²) in [6.07, 6.45) is -3.93. The van der Waals surface area contributed by atoms with Crippen molar-refractivity contribution in [1.29, 1.82) is 0 Å². The number of carbonyl (C=O) groups is 2. The molecule has 2 rings (SSSR count). The summed E-state index contributed by atoms with van der Waals surface area (Å²) in [5.74, 6) is -1.93. The van der Waals surface area contributed by atoms with Gasteiger partial charge in [-0.1, -0.05) is 0 Å². The third-order valence-corrected chi connectivity index (χ3v) is 2.72. The zero-order valence-electron chi connectivity index (χ0n) is 10.7. The number of nitrogens with one attached hydrogen (secondary N) is 1. The van der Waals surface area contributed by atoms with Gasteiger partial charge in [-0.25, -0.2) is 0 Å². The van der Waals surface area contributed by atoms with E-state index in [0.29, 0.717) is 5.69 Å². The molecule has 0 fully saturated rings. The minimum atomic E-state index is -3.93. The molecule has 0 unspecified atom stereocenters. The summed E-state index contributed by atoms with van der Waals surface area (Å²) < 4.78 is 31.3. The third kappa shape index (κ3) is 2.63.